The van der Waals surface area contributed by atoms with E-state index in [4.69, 9.17) is 4.74 Å². The Morgan fingerprint density at radius 2 is 1.88 bits per heavy atom. The van der Waals surface area contributed by atoms with Gasteiger partial charge in [-0.1, -0.05) is 0 Å². The van der Waals surface area contributed by atoms with Crippen molar-refractivity contribution in [2.24, 2.45) is 10.9 Å². The summed E-state index contributed by atoms with van der Waals surface area (Å²) in [5.74, 6) is 1.39. The Labute approximate surface area is 150 Å². The number of hydrogen-bond donors (Lipinski definition) is 2. The Kier molecular flexibility index (Phi) is 7.33. The van der Waals surface area contributed by atoms with E-state index in [2.05, 4.69) is 15.6 Å². The molecular weight excluding hydrogens is 322 g/mol. The van der Waals surface area contributed by atoms with E-state index in [9.17, 15) is 9.59 Å². The van der Waals surface area contributed by atoms with Crippen LogP contribution in [0.1, 0.15) is 32.6 Å². The summed E-state index contributed by atoms with van der Waals surface area (Å²) in [7, 11) is 3.46. The fourth-order valence-electron chi connectivity index (χ4n) is 2.62. The van der Waals surface area contributed by atoms with Gasteiger partial charge < -0.3 is 25.2 Å². The van der Waals surface area contributed by atoms with Gasteiger partial charge in [0.15, 0.2) is 5.96 Å². The quantitative estimate of drug-likeness (QED) is 0.541. The molecule has 1 aliphatic carbocycles. The standard InChI is InChI=1S/C17H31N5O3/c1-4-25-17(24)22-9-7-14(8-10-22)20-16(18-11-13-5-6-13)19-12-15(23)21(2)3/h13-14H,4-12H2,1-3H3,(H2,18,19,20). The number of likely N-dealkylation sites (tertiary alicyclic amines) is 1. The van der Waals surface area contributed by atoms with Gasteiger partial charge in [-0.25, -0.2) is 9.79 Å². The summed E-state index contributed by atoms with van der Waals surface area (Å²) in [6.45, 7) is 4.58. The lowest BCUT2D eigenvalue weighted by atomic mass is 10.1. The summed E-state index contributed by atoms with van der Waals surface area (Å²) in [5.41, 5.74) is 0. The molecule has 0 radical (unpaired) electrons. The van der Waals surface area contributed by atoms with Gasteiger partial charge in [0.1, 0.15) is 6.54 Å². The number of amides is 2. The summed E-state index contributed by atoms with van der Waals surface area (Å²) < 4.78 is 5.05. The zero-order valence-electron chi connectivity index (χ0n) is 15.6. The molecule has 1 saturated carbocycles. The van der Waals surface area contributed by atoms with Crippen molar-refractivity contribution in [1.29, 1.82) is 0 Å². The van der Waals surface area contributed by atoms with Crippen LogP contribution in [0, 0.1) is 5.92 Å². The second kappa shape index (κ2) is 9.48. The molecule has 0 bridgehead atoms. The summed E-state index contributed by atoms with van der Waals surface area (Å²) in [6.07, 6.45) is 3.96. The van der Waals surface area contributed by atoms with Crippen molar-refractivity contribution in [3.63, 3.8) is 0 Å². The molecule has 0 aromatic rings. The first kappa shape index (κ1) is 19.3. The second-order valence-corrected chi connectivity index (χ2v) is 6.88. The highest BCUT2D eigenvalue weighted by atomic mass is 16.6. The number of likely N-dealkylation sites (N-methyl/N-ethyl adjacent to an activating group) is 1. The minimum Gasteiger partial charge on any atom is -0.450 e. The Balaban J connectivity index is 1.82. The van der Waals surface area contributed by atoms with Crippen LogP contribution >= 0.6 is 0 Å². The molecule has 1 heterocycles. The number of piperidine rings is 1. The van der Waals surface area contributed by atoms with Gasteiger partial charge in [-0.2, -0.15) is 0 Å². The molecule has 142 valence electrons. The molecule has 25 heavy (non-hydrogen) atoms. The average Bonchev–Trinajstić information content (AvgIpc) is 3.42. The van der Waals surface area contributed by atoms with E-state index in [-0.39, 0.29) is 24.6 Å². The summed E-state index contributed by atoms with van der Waals surface area (Å²) in [5, 5.41) is 6.75. The van der Waals surface area contributed by atoms with E-state index < -0.39 is 0 Å². The fraction of sp³-hybridized carbons (Fsp3) is 0.824. The smallest absolute Gasteiger partial charge is 0.409 e. The number of carbonyl (C=O) groups is 2. The first-order valence-corrected chi connectivity index (χ1v) is 9.16. The Morgan fingerprint density at radius 3 is 2.44 bits per heavy atom. The molecule has 1 aliphatic heterocycles. The van der Waals surface area contributed by atoms with Gasteiger partial charge in [0.2, 0.25) is 5.91 Å². The van der Waals surface area contributed by atoms with Crippen LogP contribution in [0.25, 0.3) is 0 Å². The maximum atomic E-state index is 11.8. The van der Waals surface area contributed by atoms with Crippen LogP contribution in [0.2, 0.25) is 0 Å². The maximum Gasteiger partial charge on any atom is 0.409 e. The monoisotopic (exact) mass is 353 g/mol. The van der Waals surface area contributed by atoms with E-state index in [1.807, 2.05) is 6.92 Å². The van der Waals surface area contributed by atoms with Crippen LogP contribution in [-0.2, 0) is 9.53 Å². The molecule has 0 spiro atoms. The Bertz CT molecular complexity index is 483. The number of guanidine groups is 1. The van der Waals surface area contributed by atoms with Gasteiger partial charge in [-0.05, 0) is 38.5 Å². The highest BCUT2D eigenvalue weighted by Gasteiger charge is 2.25. The first-order chi connectivity index (χ1) is 12.0. The third-order valence-corrected chi connectivity index (χ3v) is 4.49. The normalized spacial score (nSPS) is 18.7. The number of nitrogens with zero attached hydrogens (tertiary/aromatic N) is 3. The van der Waals surface area contributed by atoms with Gasteiger partial charge in [-0.3, -0.25) is 4.79 Å². The predicted molar refractivity (Wildman–Crippen MR) is 96.5 cm³/mol. The summed E-state index contributed by atoms with van der Waals surface area (Å²) >= 11 is 0. The predicted octanol–water partition coefficient (Wildman–Crippen LogP) is 0.641. The summed E-state index contributed by atoms with van der Waals surface area (Å²) in [6, 6.07) is 0.241. The van der Waals surface area contributed by atoms with Crippen molar-refractivity contribution in [2.45, 2.75) is 38.6 Å². The van der Waals surface area contributed by atoms with Crippen LogP contribution in [0.3, 0.4) is 0 Å². The van der Waals surface area contributed by atoms with E-state index in [0.29, 0.717) is 25.7 Å². The number of aliphatic imine (C=N–C) groups is 1. The third-order valence-electron chi connectivity index (χ3n) is 4.49. The zero-order chi connectivity index (χ0) is 18.2. The average molecular weight is 353 g/mol. The van der Waals surface area contributed by atoms with E-state index >= 15 is 0 Å². The van der Waals surface area contributed by atoms with E-state index in [1.54, 1.807) is 23.9 Å². The highest BCUT2D eigenvalue weighted by molar-refractivity contribution is 5.85. The molecule has 2 N–H and O–H groups in total. The third kappa shape index (κ3) is 6.80. The van der Waals surface area contributed by atoms with Crippen LogP contribution in [0.4, 0.5) is 4.79 Å². The Hall–Kier alpha value is -1.99. The van der Waals surface area contributed by atoms with Crippen molar-refractivity contribution in [2.75, 3.05) is 46.9 Å². The lowest BCUT2D eigenvalue weighted by molar-refractivity contribution is -0.127. The van der Waals surface area contributed by atoms with Crippen molar-refractivity contribution >= 4 is 18.0 Å². The lowest BCUT2D eigenvalue weighted by Gasteiger charge is -2.32. The fourth-order valence-corrected chi connectivity index (χ4v) is 2.62. The van der Waals surface area contributed by atoms with Crippen molar-refractivity contribution < 1.29 is 14.3 Å². The molecule has 2 amide bonds. The molecule has 0 aromatic carbocycles. The topological polar surface area (TPSA) is 86.3 Å². The van der Waals surface area contributed by atoms with Gasteiger partial charge in [-0.15, -0.1) is 0 Å². The largest absolute Gasteiger partial charge is 0.450 e. The molecule has 0 aromatic heterocycles. The number of hydrogen-bond acceptors (Lipinski definition) is 4. The van der Waals surface area contributed by atoms with Gasteiger partial charge in [0, 0.05) is 39.8 Å². The summed E-state index contributed by atoms with van der Waals surface area (Å²) in [4.78, 5) is 31.2. The van der Waals surface area contributed by atoms with Gasteiger partial charge >= 0.3 is 6.09 Å². The van der Waals surface area contributed by atoms with Crippen molar-refractivity contribution in [3.8, 4) is 0 Å². The Morgan fingerprint density at radius 1 is 1.20 bits per heavy atom. The lowest BCUT2D eigenvalue weighted by Crippen LogP contribution is -2.50. The highest BCUT2D eigenvalue weighted by Crippen LogP contribution is 2.27. The van der Waals surface area contributed by atoms with Gasteiger partial charge in [0.25, 0.3) is 0 Å². The molecule has 2 aliphatic rings. The van der Waals surface area contributed by atoms with Crippen LogP contribution in [0.15, 0.2) is 4.99 Å². The molecule has 8 nitrogen and oxygen atoms in total. The maximum absolute atomic E-state index is 11.8. The first-order valence-electron chi connectivity index (χ1n) is 9.16. The van der Waals surface area contributed by atoms with Crippen LogP contribution < -0.4 is 10.6 Å². The number of rotatable bonds is 6. The molecule has 2 rings (SSSR count). The molecule has 0 atom stereocenters. The van der Waals surface area contributed by atoms with E-state index in [1.165, 1.54) is 12.8 Å². The van der Waals surface area contributed by atoms with Crippen molar-refractivity contribution in [3.05, 3.63) is 0 Å². The van der Waals surface area contributed by atoms with Crippen LogP contribution in [-0.4, -0.2) is 80.7 Å². The molecule has 8 heteroatoms. The van der Waals surface area contributed by atoms with Gasteiger partial charge in [0.05, 0.1) is 6.61 Å². The minimum atomic E-state index is -0.238. The second-order valence-electron chi connectivity index (χ2n) is 6.88. The molecule has 0 unspecified atom stereocenters. The zero-order valence-corrected chi connectivity index (χ0v) is 15.6. The molecular formula is C17H31N5O3. The number of carbonyl (C=O) groups excluding carboxylic acids is 2. The SMILES string of the molecule is CCOC(=O)N1CCC(NC(=NCC(=O)N(C)C)NCC2CC2)CC1. The molecule has 1 saturated heterocycles. The number of nitrogens with one attached hydrogen (secondary N) is 2. The number of ether oxygens (including phenoxy) is 1. The van der Waals surface area contributed by atoms with Crippen LogP contribution in [0.5, 0.6) is 0 Å². The van der Waals surface area contributed by atoms with E-state index in [0.717, 1.165) is 25.3 Å². The van der Waals surface area contributed by atoms with Crippen molar-refractivity contribution in [1.82, 2.24) is 20.4 Å². The molecule has 2 fully saturated rings. The minimum absolute atomic E-state index is 0.0235.